The molecule has 0 aromatic heterocycles. The van der Waals surface area contributed by atoms with Gasteiger partial charge in [-0.05, 0) is 6.92 Å². The van der Waals surface area contributed by atoms with Gasteiger partial charge in [0.1, 0.15) is 6.04 Å². The summed E-state index contributed by atoms with van der Waals surface area (Å²) in [5.74, 6) is -3.64. The van der Waals surface area contributed by atoms with Gasteiger partial charge in [0.15, 0.2) is 0 Å². The third kappa shape index (κ3) is 9.87. The molecule has 0 radical (unpaired) electrons. The molecule has 118 valence electrons. The lowest BCUT2D eigenvalue weighted by atomic mass is 10.3. The molecule has 10 heteroatoms. The van der Waals surface area contributed by atoms with Crippen LogP contribution in [0.25, 0.3) is 0 Å². The molecule has 0 aliphatic carbocycles. The van der Waals surface area contributed by atoms with Crippen LogP contribution in [0.3, 0.4) is 0 Å². The zero-order valence-corrected chi connectivity index (χ0v) is 11.5. The molecule has 6 N–H and O–H groups in total. The highest BCUT2D eigenvalue weighted by Crippen LogP contribution is 1.87. The Hall–Kier alpha value is -2.65. The van der Waals surface area contributed by atoms with E-state index in [0.717, 1.165) is 0 Å². The smallest absolute Gasteiger partial charge is 0.303 e. The Labute approximate surface area is 120 Å². The molecule has 0 aromatic rings. The molecule has 0 heterocycles. The Balaban J connectivity index is 3.85. The van der Waals surface area contributed by atoms with Gasteiger partial charge in [0, 0.05) is 6.42 Å². The maximum absolute atomic E-state index is 11.3. The average molecular weight is 302 g/mol. The predicted molar refractivity (Wildman–Crippen MR) is 69.7 cm³/mol. The molecule has 0 saturated heterocycles. The molecule has 0 saturated carbocycles. The monoisotopic (exact) mass is 302 g/mol. The van der Waals surface area contributed by atoms with Crippen molar-refractivity contribution in [1.82, 2.24) is 16.0 Å². The van der Waals surface area contributed by atoms with Crippen molar-refractivity contribution in [1.29, 1.82) is 0 Å². The number of carbonyl (C=O) groups excluding carboxylic acids is 4. The summed E-state index contributed by atoms with van der Waals surface area (Å²) in [6, 6.07) is -0.856. The highest BCUT2D eigenvalue weighted by Gasteiger charge is 2.13. The van der Waals surface area contributed by atoms with Crippen LogP contribution in [-0.4, -0.2) is 53.8 Å². The van der Waals surface area contributed by atoms with Crippen LogP contribution >= 0.6 is 0 Å². The number of amides is 4. The lowest BCUT2D eigenvalue weighted by molar-refractivity contribution is -0.138. The minimum Gasteiger partial charge on any atom is -0.481 e. The molecular formula is C11H18N4O6. The van der Waals surface area contributed by atoms with Crippen molar-refractivity contribution in [2.24, 2.45) is 5.73 Å². The Morgan fingerprint density at radius 3 is 2.00 bits per heavy atom. The highest BCUT2D eigenvalue weighted by atomic mass is 16.4. The molecule has 0 bridgehead atoms. The number of carboxylic acid groups (broad SMARTS) is 1. The average Bonchev–Trinajstić information content (AvgIpc) is 2.40. The normalized spacial score (nSPS) is 11.1. The largest absolute Gasteiger partial charge is 0.481 e. The van der Waals surface area contributed by atoms with E-state index < -0.39 is 35.6 Å². The quantitative estimate of drug-likeness (QED) is 0.305. The summed E-state index contributed by atoms with van der Waals surface area (Å²) in [6.07, 6.45) is -0.569. The van der Waals surface area contributed by atoms with Gasteiger partial charge < -0.3 is 26.8 Å². The van der Waals surface area contributed by atoms with E-state index in [9.17, 15) is 24.0 Å². The van der Waals surface area contributed by atoms with E-state index in [0.29, 0.717) is 0 Å². The molecule has 1 atom stereocenters. The summed E-state index contributed by atoms with van der Waals surface area (Å²) in [4.78, 5) is 54.6. The van der Waals surface area contributed by atoms with Gasteiger partial charge in [0.05, 0.1) is 19.5 Å². The van der Waals surface area contributed by atoms with Crippen LogP contribution < -0.4 is 21.7 Å². The van der Waals surface area contributed by atoms with Gasteiger partial charge in [-0.25, -0.2) is 0 Å². The molecule has 0 spiro atoms. The molecular weight excluding hydrogens is 284 g/mol. The topological polar surface area (TPSA) is 168 Å². The second kappa shape index (κ2) is 9.28. The minimum absolute atomic E-state index is 0.237. The number of hydrogen-bond donors (Lipinski definition) is 5. The van der Waals surface area contributed by atoms with Gasteiger partial charge in [0.2, 0.25) is 23.6 Å². The van der Waals surface area contributed by atoms with Crippen molar-refractivity contribution in [2.75, 3.05) is 13.1 Å². The fraction of sp³-hybridized carbons (Fsp3) is 0.545. The molecule has 10 nitrogen and oxygen atoms in total. The van der Waals surface area contributed by atoms with Crippen molar-refractivity contribution in [2.45, 2.75) is 25.8 Å². The van der Waals surface area contributed by atoms with Crippen LogP contribution in [0.5, 0.6) is 0 Å². The first-order chi connectivity index (χ1) is 9.72. The van der Waals surface area contributed by atoms with Crippen LogP contribution in [0, 0.1) is 0 Å². The third-order valence-electron chi connectivity index (χ3n) is 2.26. The SMILES string of the molecule is C[C@H](NC(=O)CNC(=O)CNC(=O)CCC(=O)O)C(N)=O. The summed E-state index contributed by atoms with van der Waals surface area (Å²) in [5.41, 5.74) is 4.94. The number of rotatable bonds is 9. The summed E-state index contributed by atoms with van der Waals surface area (Å²) in [5, 5.41) is 15.0. The number of carbonyl (C=O) groups is 5. The van der Waals surface area contributed by atoms with E-state index in [2.05, 4.69) is 16.0 Å². The van der Waals surface area contributed by atoms with Crippen molar-refractivity contribution < 1.29 is 29.1 Å². The number of nitrogens with one attached hydrogen (secondary N) is 3. The van der Waals surface area contributed by atoms with Crippen molar-refractivity contribution in [3.05, 3.63) is 0 Å². The maximum Gasteiger partial charge on any atom is 0.303 e. The second-order valence-corrected chi connectivity index (χ2v) is 4.14. The Bertz CT molecular complexity index is 436. The van der Waals surface area contributed by atoms with Crippen LogP contribution in [0.15, 0.2) is 0 Å². The first-order valence-corrected chi connectivity index (χ1v) is 6.06. The standard InChI is InChI=1S/C11H18N4O6/c1-6(11(12)21)15-9(18)5-14-8(17)4-13-7(16)2-3-10(19)20/h6H,2-5H2,1H3,(H2,12,21)(H,13,16)(H,14,17)(H,15,18)(H,19,20)/t6-/m0/s1. The minimum atomic E-state index is -1.12. The number of primary amides is 1. The summed E-state index contributed by atoms with van der Waals surface area (Å²) < 4.78 is 0. The van der Waals surface area contributed by atoms with Gasteiger partial charge in [-0.3, -0.25) is 24.0 Å². The van der Waals surface area contributed by atoms with Crippen LogP contribution in [0.4, 0.5) is 0 Å². The van der Waals surface area contributed by atoms with Gasteiger partial charge in [-0.2, -0.15) is 0 Å². The number of carboxylic acids is 1. The zero-order chi connectivity index (χ0) is 16.4. The zero-order valence-electron chi connectivity index (χ0n) is 11.5. The number of hydrogen-bond acceptors (Lipinski definition) is 5. The van der Waals surface area contributed by atoms with E-state index in [4.69, 9.17) is 10.8 Å². The Morgan fingerprint density at radius 2 is 1.48 bits per heavy atom. The van der Waals surface area contributed by atoms with Crippen molar-refractivity contribution >= 4 is 29.6 Å². The lowest BCUT2D eigenvalue weighted by Gasteiger charge is -2.11. The van der Waals surface area contributed by atoms with Gasteiger partial charge in [-0.1, -0.05) is 0 Å². The molecule has 0 rings (SSSR count). The predicted octanol–water partition coefficient (Wildman–Crippen LogP) is -2.93. The van der Waals surface area contributed by atoms with Crippen LogP contribution in [0.1, 0.15) is 19.8 Å². The van der Waals surface area contributed by atoms with Crippen molar-refractivity contribution in [3.63, 3.8) is 0 Å². The van der Waals surface area contributed by atoms with Crippen molar-refractivity contribution in [3.8, 4) is 0 Å². The molecule has 0 aromatic carbocycles. The maximum atomic E-state index is 11.3. The van der Waals surface area contributed by atoms with Gasteiger partial charge in [0.25, 0.3) is 0 Å². The fourth-order valence-corrected chi connectivity index (χ4v) is 1.09. The Morgan fingerprint density at radius 1 is 0.952 bits per heavy atom. The van der Waals surface area contributed by atoms with Gasteiger partial charge >= 0.3 is 5.97 Å². The van der Waals surface area contributed by atoms with Gasteiger partial charge in [-0.15, -0.1) is 0 Å². The highest BCUT2D eigenvalue weighted by molar-refractivity contribution is 5.90. The summed E-state index contributed by atoms with van der Waals surface area (Å²) in [6.45, 7) is 0.642. The molecule has 0 aliphatic rings. The van der Waals surface area contributed by atoms with E-state index in [1.54, 1.807) is 0 Å². The fourth-order valence-electron chi connectivity index (χ4n) is 1.09. The van der Waals surface area contributed by atoms with E-state index >= 15 is 0 Å². The molecule has 4 amide bonds. The van der Waals surface area contributed by atoms with E-state index in [1.807, 2.05) is 0 Å². The molecule has 0 fully saturated rings. The first-order valence-electron chi connectivity index (χ1n) is 6.06. The lowest BCUT2D eigenvalue weighted by Crippen LogP contribution is -2.47. The Kier molecular flexibility index (Phi) is 8.11. The second-order valence-electron chi connectivity index (χ2n) is 4.14. The molecule has 0 unspecified atom stereocenters. The third-order valence-corrected chi connectivity index (χ3v) is 2.26. The number of nitrogens with two attached hydrogens (primary N) is 1. The summed E-state index contributed by atoms with van der Waals surface area (Å²) in [7, 11) is 0. The number of aliphatic carboxylic acids is 1. The first kappa shape index (κ1) is 18.4. The van der Waals surface area contributed by atoms with Crippen LogP contribution in [-0.2, 0) is 24.0 Å². The van der Waals surface area contributed by atoms with E-state index in [1.165, 1.54) is 6.92 Å². The van der Waals surface area contributed by atoms with Crippen LogP contribution in [0.2, 0.25) is 0 Å². The molecule has 0 aliphatic heterocycles. The molecule has 21 heavy (non-hydrogen) atoms. The van der Waals surface area contributed by atoms with E-state index in [-0.39, 0.29) is 25.9 Å². The summed E-state index contributed by atoms with van der Waals surface area (Å²) >= 11 is 0.